The molecule has 0 fully saturated rings. The number of nitrogens with zero attached hydrogens (tertiary/aromatic N) is 4. The lowest BCUT2D eigenvalue weighted by Gasteiger charge is -2.11. The van der Waals surface area contributed by atoms with Gasteiger partial charge in [0, 0.05) is 29.5 Å². The first kappa shape index (κ1) is 15.9. The Hall–Kier alpha value is -3.61. The summed E-state index contributed by atoms with van der Waals surface area (Å²) in [6.07, 6.45) is 5.00. The molecule has 0 saturated carbocycles. The maximum Gasteiger partial charge on any atom is 0.271 e. The molecule has 7 nitrogen and oxygen atoms in total. The van der Waals surface area contributed by atoms with E-state index in [1.165, 1.54) is 0 Å². The Labute approximate surface area is 149 Å². The first-order chi connectivity index (χ1) is 12.7. The lowest BCUT2D eigenvalue weighted by Crippen LogP contribution is -2.28. The monoisotopic (exact) mass is 344 g/mol. The zero-order valence-electron chi connectivity index (χ0n) is 14.0. The minimum atomic E-state index is -0.341. The number of aromatic amines is 1. The fraction of sp³-hybridized carbons (Fsp3) is 0.105. The largest absolute Gasteiger partial charge is 0.341 e. The fourth-order valence-corrected chi connectivity index (χ4v) is 2.73. The molecule has 7 heteroatoms. The number of fused-ring (bicyclic) bond motifs is 1. The summed E-state index contributed by atoms with van der Waals surface area (Å²) in [6.45, 7) is 1.85. The van der Waals surface area contributed by atoms with Crippen LogP contribution in [0.15, 0.2) is 61.1 Å². The zero-order valence-corrected chi connectivity index (χ0v) is 14.0. The smallest absolute Gasteiger partial charge is 0.271 e. The van der Waals surface area contributed by atoms with Crippen molar-refractivity contribution in [2.45, 2.75) is 13.0 Å². The van der Waals surface area contributed by atoms with Crippen molar-refractivity contribution in [1.29, 1.82) is 0 Å². The molecule has 3 aromatic heterocycles. The predicted molar refractivity (Wildman–Crippen MR) is 97.2 cm³/mol. The Balaban J connectivity index is 1.55. The first-order valence-corrected chi connectivity index (χ1v) is 8.19. The number of pyridine rings is 2. The standard InChI is InChI=1S/C19H16N6O/c1-12(17-23-18(25-24-17)14-6-9-20-10-7-14)22-19(26)16-15-5-3-2-4-13(15)8-11-21-16/h2-12H,1H3,(H,22,26)(H,23,24,25)/t12-/m1/s1. The molecule has 0 radical (unpaired) electrons. The summed E-state index contributed by atoms with van der Waals surface area (Å²) in [5, 5.41) is 11.8. The van der Waals surface area contributed by atoms with Crippen LogP contribution in [0, 0.1) is 0 Å². The Bertz CT molecular complexity index is 1050. The summed E-state index contributed by atoms with van der Waals surface area (Å²) >= 11 is 0. The van der Waals surface area contributed by atoms with Crippen LogP contribution in [0.5, 0.6) is 0 Å². The van der Waals surface area contributed by atoms with E-state index in [-0.39, 0.29) is 11.9 Å². The van der Waals surface area contributed by atoms with Gasteiger partial charge >= 0.3 is 0 Å². The predicted octanol–water partition coefficient (Wildman–Crippen LogP) is 2.91. The Morgan fingerprint density at radius 1 is 1.08 bits per heavy atom. The second-order valence-electron chi connectivity index (χ2n) is 5.86. The van der Waals surface area contributed by atoms with Gasteiger partial charge in [-0.1, -0.05) is 24.3 Å². The number of benzene rings is 1. The van der Waals surface area contributed by atoms with Crippen molar-refractivity contribution in [3.63, 3.8) is 0 Å². The number of amides is 1. The van der Waals surface area contributed by atoms with Crippen molar-refractivity contribution >= 4 is 16.7 Å². The van der Waals surface area contributed by atoms with Crippen molar-refractivity contribution in [3.05, 3.63) is 72.6 Å². The van der Waals surface area contributed by atoms with Crippen LogP contribution in [-0.4, -0.2) is 31.1 Å². The van der Waals surface area contributed by atoms with Gasteiger partial charge in [0.25, 0.3) is 5.91 Å². The summed E-state index contributed by atoms with van der Waals surface area (Å²) in [7, 11) is 0. The third kappa shape index (κ3) is 3.02. The highest BCUT2D eigenvalue weighted by molar-refractivity contribution is 6.05. The van der Waals surface area contributed by atoms with E-state index in [9.17, 15) is 4.79 Å². The van der Waals surface area contributed by atoms with E-state index in [0.717, 1.165) is 16.3 Å². The maximum absolute atomic E-state index is 12.7. The number of H-pyrrole nitrogens is 1. The van der Waals surface area contributed by atoms with Gasteiger partial charge in [-0.05, 0) is 30.5 Å². The Kier molecular flexibility index (Phi) is 4.10. The van der Waals surface area contributed by atoms with Gasteiger partial charge in [-0.2, -0.15) is 5.10 Å². The molecule has 1 aromatic carbocycles. The number of rotatable bonds is 4. The molecule has 0 aliphatic rings. The van der Waals surface area contributed by atoms with Crippen LogP contribution in [0.1, 0.15) is 29.3 Å². The average Bonchev–Trinajstić information content (AvgIpc) is 3.18. The molecule has 4 aromatic rings. The fourth-order valence-electron chi connectivity index (χ4n) is 2.73. The highest BCUT2D eigenvalue weighted by atomic mass is 16.1. The van der Waals surface area contributed by atoms with E-state index in [2.05, 4.69) is 30.5 Å². The molecule has 0 aliphatic carbocycles. The molecule has 0 spiro atoms. The summed E-state index contributed by atoms with van der Waals surface area (Å²) < 4.78 is 0. The van der Waals surface area contributed by atoms with Gasteiger partial charge in [0.15, 0.2) is 5.82 Å². The van der Waals surface area contributed by atoms with E-state index in [1.807, 2.05) is 49.4 Å². The van der Waals surface area contributed by atoms with Gasteiger partial charge in [0.1, 0.15) is 11.5 Å². The Morgan fingerprint density at radius 2 is 1.88 bits per heavy atom. The second-order valence-corrected chi connectivity index (χ2v) is 5.86. The van der Waals surface area contributed by atoms with Gasteiger partial charge in [0.05, 0.1) is 6.04 Å². The van der Waals surface area contributed by atoms with Crippen LogP contribution >= 0.6 is 0 Å². The number of aromatic nitrogens is 5. The van der Waals surface area contributed by atoms with Crippen molar-refractivity contribution in [1.82, 2.24) is 30.5 Å². The van der Waals surface area contributed by atoms with E-state index in [0.29, 0.717) is 17.3 Å². The minimum Gasteiger partial charge on any atom is -0.341 e. The van der Waals surface area contributed by atoms with Crippen LogP contribution in [0.4, 0.5) is 0 Å². The number of hydrogen-bond donors (Lipinski definition) is 2. The molecule has 0 unspecified atom stereocenters. The molecule has 128 valence electrons. The van der Waals surface area contributed by atoms with Gasteiger partial charge in [0.2, 0.25) is 0 Å². The summed E-state index contributed by atoms with van der Waals surface area (Å²) in [5.41, 5.74) is 1.25. The van der Waals surface area contributed by atoms with Gasteiger partial charge in [-0.25, -0.2) is 4.98 Å². The van der Waals surface area contributed by atoms with E-state index >= 15 is 0 Å². The highest BCUT2D eigenvalue weighted by Gasteiger charge is 2.18. The highest BCUT2D eigenvalue weighted by Crippen LogP contribution is 2.18. The normalized spacial score (nSPS) is 12.0. The molecular formula is C19H16N6O. The molecule has 26 heavy (non-hydrogen) atoms. The van der Waals surface area contributed by atoms with Crippen LogP contribution in [0.3, 0.4) is 0 Å². The molecule has 4 rings (SSSR count). The summed E-state index contributed by atoms with van der Waals surface area (Å²) in [5.74, 6) is 0.883. The van der Waals surface area contributed by atoms with Crippen LogP contribution < -0.4 is 5.32 Å². The third-order valence-electron chi connectivity index (χ3n) is 4.09. The van der Waals surface area contributed by atoms with E-state index in [4.69, 9.17) is 0 Å². The first-order valence-electron chi connectivity index (χ1n) is 8.19. The lowest BCUT2D eigenvalue weighted by atomic mass is 10.1. The minimum absolute atomic E-state index is 0.254. The van der Waals surface area contributed by atoms with Gasteiger partial charge in [-0.3, -0.25) is 19.9 Å². The zero-order chi connectivity index (χ0) is 17.9. The van der Waals surface area contributed by atoms with Crippen molar-refractivity contribution in [2.75, 3.05) is 0 Å². The van der Waals surface area contributed by atoms with Crippen LogP contribution in [0.25, 0.3) is 22.2 Å². The molecule has 2 N–H and O–H groups in total. The van der Waals surface area contributed by atoms with Crippen molar-refractivity contribution in [3.8, 4) is 11.4 Å². The SMILES string of the molecule is C[C@@H](NC(=O)c1nccc2ccccc12)c1nc(-c2ccncc2)n[nH]1. The molecule has 0 bridgehead atoms. The van der Waals surface area contributed by atoms with Crippen molar-refractivity contribution in [2.24, 2.45) is 0 Å². The maximum atomic E-state index is 12.7. The third-order valence-corrected chi connectivity index (χ3v) is 4.09. The van der Waals surface area contributed by atoms with E-state index in [1.54, 1.807) is 18.6 Å². The second kappa shape index (κ2) is 6.72. The number of carbonyl (C=O) groups is 1. The van der Waals surface area contributed by atoms with Crippen LogP contribution in [-0.2, 0) is 0 Å². The topological polar surface area (TPSA) is 96.5 Å². The molecule has 0 saturated heterocycles. The summed E-state index contributed by atoms with van der Waals surface area (Å²) in [4.78, 5) is 25.4. The molecule has 1 atom stereocenters. The number of carbonyl (C=O) groups excluding carboxylic acids is 1. The van der Waals surface area contributed by atoms with Gasteiger partial charge < -0.3 is 5.32 Å². The number of nitrogens with one attached hydrogen (secondary N) is 2. The van der Waals surface area contributed by atoms with E-state index < -0.39 is 0 Å². The van der Waals surface area contributed by atoms with Gasteiger partial charge in [-0.15, -0.1) is 0 Å². The Morgan fingerprint density at radius 3 is 2.73 bits per heavy atom. The quantitative estimate of drug-likeness (QED) is 0.593. The molecule has 3 heterocycles. The molecule has 0 aliphatic heterocycles. The molecular weight excluding hydrogens is 328 g/mol. The molecule has 1 amide bonds. The lowest BCUT2D eigenvalue weighted by molar-refractivity contribution is 0.0935. The summed E-state index contributed by atoms with van der Waals surface area (Å²) in [6, 6.07) is 12.9. The van der Waals surface area contributed by atoms with Crippen molar-refractivity contribution < 1.29 is 4.79 Å². The van der Waals surface area contributed by atoms with Crippen LogP contribution in [0.2, 0.25) is 0 Å². The number of hydrogen-bond acceptors (Lipinski definition) is 5. The average molecular weight is 344 g/mol.